The van der Waals surface area contributed by atoms with Crippen LogP contribution in [0.2, 0.25) is 0 Å². The molecule has 4 heterocycles. The third-order valence-corrected chi connectivity index (χ3v) is 13.5. The molecule has 0 aliphatic carbocycles. The minimum absolute atomic E-state index is 0.00480. The Morgan fingerprint density at radius 3 is 2.45 bits per heavy atom. The molecule has 5 aromatic rings. The first-order valence-electron chi connectivity index (χ1n) is 22.1. The van der Waals surface area contributed by atoms with Crippen molar-refractivity contribution in [3.05, 3.63) is 82.4 Å². The Kier molecular flexibility index (Phi) is 15.9. The first kappa shape index (κ1) is 47.9. The van der Waals surface area contributed by atoms with E-state index in [1.54, 1.807) is 56.4 Å². The zero-order chi connectivity index (χ0) is 46.9. The summed E-state index contributed by atoms with van der Waals surface area (Å²) in [4.78, 5) is 74.7. The van der Waals surface area contributed by atoms with E-state index in [1.165, 1.54) is 34.0 Å². The van der Waals surface area contributed by atoms with Crippen LogP contribution in [0.1, 0.15) is 58.8 Å². The highest BCUT2D eigenvalue weighted by Crippen LogP contribution is 2.49. The van der Waals surface area contributed by atoms with Gasteiger partial charge in [0, 0.05) is 86.7 Å². The number of carbonyl (C=O) groups is 5. The number of rotatable bonds is 19. The summed E-state index contributed by atoms with van der Waals surface area (Å²) < 4.78 is 18.4. The summed E-state index contributed by atoms with van der Waals surface area (Å²) in [6.07, 6.45) is 2.32. The van der Waals surface area contributed by atoms with Crippen LogP contribution >= 0.6 is 22.9 Å². The lowest BCUT2D eigenvalue weighted by atomic mass is 9.97. The summed E-state index contributed by atoms with van der Waals surface area (Å²) in [5.41, 5.74) is 10.2. The molecule has 66 heavy (non-hydrogen) atoms. The lowest BCUT2D eigenvalue weighted by Gasteiger charge is -2.22. The zero-order valence-electron chi connectivity index (χ0n) is 37.7. The molecule has 7 rings (SSSR count). The molecule has 0 bridgehead atoms. The van der Waals surface area contributed by atoms with Crippen LogP contribution in [-0.4, -0.2) is 135 Å². The molecule has 6 N–H and O–H groups in total. The normalized spacial score (nSPS) is 15.1. The second kappa shape index (κ2) is 21.9. The van der Waals surface area contributed by atoms with Gasteiger partial charge in [0.05, 0.1) is 16.4 Å². The number of thiophene rings is 1. The molecule has 2 aliphatic heterocycles. The highest BCUT2D eigenvalue weighted by atomic mass is 35.5. The average molecular weight is 945 g/mol. The van der Waals surface area contributed by atoms with Crippen LogP contribution in [0.15, 0.2) is 60.0 Å². The number of primary amides is 1. The second-order valence-electron chi connectivity index (χ2n) is 16.8. The molecule has 1 saturated heterocycles. The van der Waals surface area contributed by atoms with Crippen LogP contribution < -0.4 is 36.1 Å². The summed E-state index contributed by atoms with van der Waals surface area (Å²) in [6.45, 7) is 6.75. The number of urea groups is 1. The zero-order valence-corrected chi connectivity index (χ0v) is 39.3. The van der Waals surface area contributed by atoms with Crippen molar-refractivity contribution < 1.29 is 38.2 Å². The van der Waals surface area contributed by atoms with E-state index in [0.29, 0.717) is 66.8 Å². The van der Waals surface area contributed by atoms with Gasteiger partial charge >= 0.3 is 18.2 Å². The molecule has 2 aromatic heterocycles. The maximum Gasteiger partial charge on any atom is 0.415 e. The number of aromatic amines is 1. The number of fused-ring (bicyclic) bond motifs is 4. The molecule has 0 saturated carbocycles. The molecule has 17 nitrogen and oxygen atoms in total. The number of carbonyl (C=O) groups excluding carboxylic acids is 5. The number of hydrogen-bond acceptors (Lipinski definition) is 11. The molecule has 2 aliphatic rings. The van der Waals surface area contributed by atoms with E-state index in [9.17, 15) is 24.0 Å². The highest BCUT2D eigenvalue weighted by Gasteiger charge is 2.37. The standard InChI is InChI=1S/C47H58ClN9O8S/c1-29-28-66-42-39(65-47(62)55(4)19-18-54(3)46(61)64-27-30-9-11-33(12-10-30)52-43(58)36(50-2)8-7-15-51-45(49)60)24-38-41(40(29)42)32(25-48)26-57(38)44(59)37-23-31-22-34(13-14-35(31)53-37)63-21-20-56-16-5-6-17-56/h9-14,22-24,28,32,36,50,53H,5-8,15-21,25-27H2,1-4H3,(H,52,58)(H3,49,51,60)/t32-,36-/m0/s1. The number of nitrogens with one attached hydrogen (secondary N) is 4. The van der Waals surface area contributed by atoms with Crippen LogP contribution in [0.5, 0.6) is 11.5 Å². The summed E-state index contributed by atoms with van der Waals surface area (Å²) >= 11 is 8.04. The van der Waals surface area contributed by atoms with Gasteiger partial charge in [0.1, 0.15) is 24.7 Å². The van der Waals surface area contributed by atoms with Crippen LogP contribution in [0.3, 0.4) is 0 Å². The van der Waals surface area contributed by atoms with Gasteiger partial charge in [0.15, 0.2) is 5.75 Å². The molecule has 0 radical (unpaired) electrons. The molecule has 352 valence electrons. The van der Waals surface area contributed by atoms with E-state index in [4.69, 9.17) is 31.5 Å². The van der Waals surface area contributed by atoms with Gasteiger partial charge in [0.25, 0.3) is 5.91 Å². The number of nitrogens with two attached hydrogens (primary N) is 1. The number of aryl methyl sites for hydroxylation is 1. The Morgan fingerprint density at radius 1 is 1.00 bits per heavy atom. The number of amides is 6. The minimum atomic E-state index is -0.629. The first-order valence-corrected chi connectivity index (χ1v) is 23.6. The van der Waals surface area contributed by atoms with E-state index in [-0.39, 0.29) is 37.4 Å². The minimum Gasteiger partial charge on any atom is -0.492 e. The van der Waals surface area contributed by atoms with Crippen molar-refractivity contribution in [3.63, 3.8) is 0 Å². The summed E-state index contributed by atoms with van der Waals surface area (Å²) in [5, 5.41) is 12.1. The first-order chi connectivity index (χ1) is 31.8. The molecule has 0 unspecified atom stereocenters. The largest absolute Gasteiger partial charge is 0.492 e. The molecule has 6 amide bonds. The number of nitrogens with zero attached hydrogens (tertiary/aromatic N) is 4. The van der Waals surface area contributed by atoms with Crippen molar-refractivity contribution in [2.24, 2.45) is 5.73 Å². The topological polar surface area (TPSA) is 204 Å². The third-order valence-electron chi connectivity index (χ3n) is 12.1. The van der Waals surface area contributed by atoms with Gasteiger partial charge < -0.3 is 55.6 Å². The van der Waals surface area contributed by atoms with E-state index in [0.717, 1.165) is 57.5 Å². The second-order valence-corrected chi connectivity index (χ2v) is 17.9. The van der Waals surface area contributed by atoms with Crippen molar-refractivity contribution in [1.82, 2.24) is 30.3 Å². The lowest BCUT2D eigenvalue weighted by Crippen LogP contribution is -2.39. The number of likely N-dealkylation sites (N-methyl/N-ethyl adjacent to an activating group) is 3. The number of likely N-dealkylation sites (tertiary alicyclic amines) is 1. The fourth-order valence-corrected chi connectivity index (χ4v) is 9.57. The number of hydrogen-bond donors (Lipinski definition) is 5. The molecular weight excluding hydrogens is 886 g/mol. The van der Waals surface area contributed by atoms with Crippen molar-refractivity contribution >= 4 is 85.3 Å². The van der Waals surface area contributed by atoms with Gasteiger partial charge in [-0.15, -0.1) is 22.9 Å². The number of alkyl halides is 1. The molecule has 1 fully saturated rings. The fraction of sp³-hybridized carbons (Fsp3) is 0.426. The lowest BCUT2D eigenvalue weighted by molar-refractivity contribution is -0.118. The quantitative estimate of drug-likeness (QED) is 0.0432. The average Bonchev–Trinajstić information content (AvgIpc) is 4.14. The molecular formula is C47H58ClN9O8S. The van der Waals surface area contributed by atoms with E-state index in [1.807, 2.05) is 36.6 Å². The van der Waals surface area contributed by atoms with Gasteiger partial charge in [-0.05, 0) is 111 Å². The number of halogens is 1. The maximum absolute atomic E-state index is 14.3. The summed E-state index contributed by atoms with van der Waals surface area (Å²) in [5.74, 6) is 0.795. The van der Waals surface area contributed by atoms with E-state index < -0.39 is 24.3 Å². The number of H-pyrrole nitrogens is 1. The highest BCUT2D eigenvalue weighted by molar-refractivity contribution is 7.17. The Balaban J connectivity index is 0.936. The Bertz CT molecular complexity index is 2540. The van der Waals surface area contributed by atoms with Crippen molar-refractivity contribution in [2.45, 2.75) is 51.2 Å². The fourth-order valence-electron chi connectivity index (χ4n) is 8.30. The van der Waals surface area contributed by atoms with Crippen molar-refractivity contribution in [1.29, 1.82) is 0 Å². The monoisotopic (exact) mass is 943 g/mol. The van der Waals surface area contributed by atoms with Gasteiger partial charge in [-0.25, -0.2) is 14.4 Å². The molecule has 3 aromatic carbocycles. The molecule has 2 atom stereocenters. The van der Waals surface area contributed by atoms with Crippen molar-refractivity contribution in [2.75, 3.05) is 89.7 Å². The number of ether oxygens (including phenoxy) is 3. The predicted octanol–water partition coefficient (Wildman–Crippen LogP) is 6.82. The maximum atomic E-state index is 14.3. The van der Waals surface area contributed by atoms with Crippen LogP contribution in [0.25, 0.3) is 21.0 Å². The Labute approximate surface area is 392 Å². The van der Waals surface area contributed by atoms with Gasteiger partial charge in [-0.2, -0.15) is 0 Å². The van der Waals surface area contributed by atoms with Gasteiger partial charge in [-0.3, -0.25) is 14.5 Å². The van der Waals surface area contributed by atoms with Crippen LogP contribution in [-0.2, 0) is 16.1 Å². The number of aromatic nitrogens is 1. The third kappa shape index (κ3) is 11.5. The van der Waals surface area contributed by atoms with E-state index >= 15 is 0 Å². The number of anilines is 2. The van der Waals surface area contributed by atoms with Gasteiger partial charge in [0.2, 0.25) is 5.91 Å². The molecule has 0 spiro atoms. The van der Waals surface area contributed by atoms with Crippen LogP contribution in [0.4, 0.5) is 25.8 Å². The Morgan fingerprint density at radius 2 is 1.74 bits per heavy atom. The Hall–Kier alpha value is -6.08. The summed E-state index contributed by atoms with van der Waals surface area (Å²) in [6, 6.07) is 15.3. The van der Waals surface area contributed by atoms with Gasteiger partial charge in [-0.1, -0.05) is 12.1 Å². The van der Waals surface area contributed by atoms with Crippen LogP contribution in [0, 0.1) is 6.92 Å². The predicted molar refractivity (Wildman–Crippen MR) is 257 cm³/mol. The smallest absolute Gasteiger partial charge is 0.415 e. The molecule has 19 heteroatoms. The summed E-state index contributed by atoms with van der Waals surface area (Å²) in [7, 11) is 4.86. The van der Waals surface area contributed by atoms with E-state index in [2.05, 4.69) is 25.8 Å². The number of benzene rings is 3. The SMILES string of the molecule is CN[C@@H](CCCNC(N)=O)C(=O)Nc1ccc(COC(=O)N(C)CCN(C)C(=O)Oc2cc3c(c4c(C)csc24)[C@@H](CCl)CN3C(=O)c2cc3cc(OCCN4CCCC4)ccc3[nH]2)cc1. The van der Waals surface area contributed by atoms with Crippen molar-refractivity contribution in [3.8, 4) is 11.5 Å².